The van der Waals surface area contributed by atoms with Gasteiger partial charge in [-0.05, 0) is 30.7 Å². The van der Waals surface area contributed by atoms with Gasteiger partial charge in [0, 0.05) is 81.5 Å². The predicted octanol–water partition coefficient (Wildman–Crippen LogP) is 4.66. The van der Waals surface area contributed by atoms with E-state index in [-0.39, 0.29) is 5.82 Å². The molecule has 2 aromatic heterocycles. The molecule has 2 aliphatic rings. The van der Waals surface area contributed by atoms with Crippen LogP contribution in [0.2, 0.25) is 0 Å². The molecular weight excluding hydrogens is 497 g/mol. The van der Waals surface area contributed by atoms with Crippen LogP contribution in [0.1, 0.15) is 36.5 Å². The standard InChI is InChI=1S/C14H17N7S2.C7H7F.C2H6O.C2H6/c1-20-4-2-11(18-20)10-7-17-13(14-16-3-5-22-14)21-8-9(19-23-15)6-12(10)21;1-6-3-2-4-7(8)5-6;1-3-2;1-2/h2-5,9,19H,6-8,15H2,1H3;2-5H,1H3;1-2H3;1-2H3. The second kappa shape index (κ2) is 15.5. The van der Waals surface area contributed by atoms with Crippen LogP contribution < -0.4 is 9.86 Å². The van der Waals surface area contributed by atoms with Gasteiger partial charge >= 0.3 is 0 Å². The van der Waals surface area contributed by atoms with Crippen molar-refractivity contribution >= 4 is 34.9 Å². The van der Waals surface area contributed by atoms with Crippen LogP contribution in [0.5, 0.6) is 0 Å². The molecule has 1 fully saturated rings. The molecule has 1 unspecified atom stereocenters. The number of aryl methyl sites for hydroxylation is 2. The van der Waals surface area contributed by atoms with Crippen LogP contribution in [0, 0.1) is 12.7 Å². The first kappa shape index (κ1) is 29.7. The molecule has 0 saturated carbocycles. The van der Waals surface area contributed by atoms with E-state index in [1.54, 1.807) is 31.6 Å². The molecule has 3 aromatic rings. The molecule has 2 aliphatic heterocycles. The minimum Gasteiger partial charge on any atom is -0.388 e. The summed E-state index contributed by atoms with van der Waals surface area (Å²) in [5, 5.41) is 13.1. The summed E-state index contributed by atoms with van der Waals surface area (Å²) in [6.45, 7) is 7.34. The van der Waals surface area contributed by atoms with Crippen LogP contribution in [-0.4, -0.2) is 58.9 Å². The van der Waals surface area contributed by atoms with Crippen molar-refractivity contribution in [1.82, 2.24) is 24.4 Å². The number of nitrogens with one attached hydrogen (secondary N) is 1. The van der Waals surface area contributed by atoms with Crippen molar-refractivity contribution in [2.75, 3.05) is 27.3 Å². The molecule has 0 aliphatic carbocycles. The summed E-state index contributed by atoms with van der Waals surface area (Å²) in [6, 6.07) is 8.84. The van der Waals surface area contributed by atoms with Crippen molar-refractivity contribution < 1.29 is 9.13 Å². The molecule has 3 N–H and O–H groups in total. The average Bonchev–Trinajstić information content (AvgIpc) is 3.62. The fourth-order valence-electron chi connectivity index (χ4n) is 3.67. The third-order valence-corrected chi connectivity index (χ3v) is 6.26. The molecule has 196 valence electrons. The maximum atomic E-state index is 12.2. The number of methoxy groups -OCH3 is 1. The molecule has 1 atom stereocenters. The van der Waals surface area contributed by atoms with Gasteiger partial charge in [-0.15, -0.1) is 11.3 Å². The molecule has 11 heteroatoms. The monoisotopic (exact) mass is 533 g/mol. The summed E-state index contributed by atoms with van der Waals surface area (Å²) in [4.78, 5) is 11.5. The van der Waals surface area contributed by atoms with Gasteiger partial charge in [0.1, 0.15) is 5.82 Å². The Labute approximate surface area is 221 Å². The highest BCUT2D eigenvalue weighted by Crippen LogP contribution is 2.35. The number of nitrogens with zero attached hydrogens (tertiary/aromatic N) is 5. The van der Waals surface area contributed by atoms with E-state index in [1.165, 1.54) is 35.5 Å². The minimum absolute atomic E-state index is 0.162. The zero-order valence-corrected chi connectivity index (χ0v) is 23.4. The maximum absolute atomic E-state index is 12.2. The van der Waals surface area contributed by atoms with Gasteiger partial charge in [-0.25, -0.2) is 14.1 Å². The third-order valence-electron chi connectivity index (χ3n) is 5.02. The number of hydrogen-bond acceptors (Lipinski definition) is 9. The number of aromatic nitrogens is 3. The first-order valence-corrected chi connectivity index (χ1v) is 13.4. The Bertz CT molecular complexity index is 1100. The first-order chi connectivity index (χ1) is 17.5. The number of rotatable bonds is 4. The molecular formula is C25H36FN7OS2. The maximum Gasteiger partial charge on any atom is 0.165 e. The van der Waals surface area contributed by atoms with Gasteiger partial charge < -0.3 is 9.64 Å². The molecule has 5 rings (SSSR count). The number of fused-ring (bicyclic) bond motifs is 1. The SMILES string of the molecule is CC.COC.Cc1cccc(F)c1.Cn1ccc(C2=C3CC(NSN)CN3C(c3nccs3)=NC2)n1. The lowest BCUT2D eigenvalue weighted by Gasteiger charge is -2.27. The van der Waals surface area contributed by atoms with E-state index in [2.05, 4.69) is 24.4 Å². The zero-order chi connectivity index (χ0) is 26.5. The molecule has 8 nitrogen and oxygen atoms in total. The largest absolute Gasteiger partial charge is 0.388 e. The van der Waals surface area contributed by atoms with Gasteiger partial charge in [-0.3, -0.25) is 14.8 Å². The van der Waals surface area contributed by atoms with Gasteiger partial charge in [0.05, 0.1) is 12.2 Å². The quantitative estimate of drug-likeness (QED) is 0.471. The number of amidine groups is 1. The van der Waals surface area contributed by atoms with Gasteiger partial charge in [0.2, 0.25) is 0 Å². The van der Waals surface area contributed by atoms with Crippen molar-refractivity contribution in [3.8, 4) is 0 Å². The van der Waals surface area contributed by atoms with E-state index >= 15 is 0 Å². The third kappa shape index (κ3) is 8.24. The van der Waals surface area contributed by atoms with Crippen molar-refractivity contribution in [2.45, 2.75) is 33.2 Å². The van der Waals surface area contributed by atoms with E-state index in [0.29, 0.717) is 12.6 Å². The average molecular weight is 534 g/mol. The number of ether oxygens (including phenoxy) is 1. The summed E-state index contributed by atoms with van der Waals surface area (Å²) < 4.78 is 21.5. The van der Waals surface area contributed by atoms with Crippen molar-refractivity contribution in [1.29, 1.82) is 0 Å². The molecule has 36 heavy (non-hydrogen) atoms. The van der Waals surface area contributed by atoms with E-state index in [1.807, 2.05) is 62.4 Å². The molecule has 0 radical (unpaired) electrons. The zero-order valence-electron chi connectivity index (χ0n) is 21.7. The molecule has 0 bridgehead atoms. The second-order valence-corrected chi connectivity index (χ2v) is 9.10. The van der Waals surface area contributed by atoms with Crippen LogP contribution in [0.3, 0.4) is 0 Å². The number of nitrogens with two attached hydrogens (primary N) is 1. The summed E-state index contributed by atoms with van der Waals surface area (Å²) in [5.74, 6) is 0.797. The van der Waals surface area contributed by atoms with Crippen molar-refractivity contribution in [3.05, 3.63) is 75.9 Å². The predicted molar refractivity (Wildman–Crippen MR) is 149 cm³/mol. The second-order valence-electron chi connectivity index (χ2n) is 7.73. The van der Waals surface area contributed by atoms with Gasteiger partial charge in [-0.1, -0.05) is 26.0 Å². The van der Waals surface area contributed by atoms with Crippen LogP contribution in [0.15, 0.2) is 58.8 Å². The lowest BCUT2D eigenvalue weighted by Crippen LogP contribution is -2.35. The minimum atomic E-state index is -0.162. The van der Waals surface area contributed by atoms with E-state index in [0.717, 1.165) is 35.1 Å². The fraction of sp³-hybridized carbons (Fsp3) is 0.400. The van der Waals surface area contributed by atoms with Crippen molar-refractivity contribution in [2.24, 2.45) is 17.2 Å². The van der Waals surface area contributed by atoms with Crippen LogP contribution in [-0.2, 0) is 11.8 Å². The first-order valence-electron chi connectivity index (χ1n) is 11.6. The van der Waals surface area contributed by atoms with Crippen molar-refractivity contribution in [3.63, 3.8) is 0 Å². The number of benzene rings is 1. The normalized spacial score (nSPS) is 16.1. The Morgan fingerprint density at radius 1 is 1.25 bits per heavy atom. The van der Waals surface area contributed by atoms with Crippen LogP contribution in [0.4, 0.5) is 4.39 Å². The van der Waals surface area contributed by atoms with Gasteiger partial charge in [0.15, 0.2) is 10.8 Å². The number of halogens is 1. The van der Waals surface area contributed by atoms with E-state index in [4.69, 9.17) is 10.1 Å². The topological polar surface area (TPSA) is 93.6 Å². The lowest BCUT2D eigenvalue weighted by atomic mass is 10.1. The fourth-order valence-corrected chi connectivity index (χ4v) is 4.67. The summed E-state index contributed by atoms with van der Waals surface area (Å²) in [7, 11) is 5.18. The van der Waals surface area contributed by atoms with E-state index < -0.39 is 0 Å². The summed E-state index contributed by atoms with van der Waals surface area (Å²) in [5.41, 5.74) is 4.42. The van der Waals surface area contributed by atoms with E-state index in [9.17, 15) is 4.39 Å². The van der Waals surface area contributed by atoms with Crippen LogP contribution >= 0.6 is 23.5 Å². The Morgan fingerprint density at radius 3 is 2.53 bits per heavy atom. The van der Waals surface area contributed by atoms with Gasteiger partial charge in [-0.2, -0.15) is 5.10 Å². The molecule has 0 amide bonds. The molecule has 4 heterocycles. The lowest BCUT2D eigenvalue weighted by molar-refractivity contribution is 0.277. The Balaban J connectivity index is 0.000000293. The summed E-state index contributed by atoms with van der Waals surface area (Å²) >= 11 is 2.79. The number of hydrogen-bond donors (Lipinski definition) is 2. The molecule has 1 saturated heterocycles. The Morgan fingerprint density at radius 2 is 2.00 bits per heavy atom. The Kier molecular flexibility index (Phi) is 12.8. The highest BCUT2D eigenvalue weighted by atomic mass is 32.2. The number of thiazole rings is 1. The van der Waals surface area contributed by atoms with Gasteiger partial charge in [0.25, 0.3) is 0 Å². The number of aliphatic imine (C=N–C) groups is 1. The van der Waals surface area contributed by atoms with Crippen LogP contribution in [0.25, 0.3) is 5.57 Å². The molecule has 1 aromatic carbocycles. The molecule has 0 spiro atoms. The smallest absolute Gasteiger partial charge is 0.165 e. The highest BCUT2D eigenvalue weighted by Gasteiger charge is 2.36. The Hall–Kier alpha value is -2.57. The highest BCUT2D eigenvalue weighted by molar-refractivity contribution is 7.95. The summed E-state index contributed by atoms with van der Waals surface area (Å²) in [6.07, 6.45) is 4.70.